The lowest BCUT2D eigenvalue weighted by molar-refractivity contribution is -0.135. The van der Waals surface area contributed by atoms with E-state index >= 15 is 0 Å². The SMILES string of the molecule is CN(CC(=O)O)c1ccc(C=CC=CC=CC#N)cc1. The number of nitrogens with zero attached hydrogens (tertiary/aromatic N) is 2. The van der Waals surface area contributed by atoms with Gasteiger partial charge in [0.1, 0.15) is 6.54 Å². The number of carbonyl (C=O) groups is 1. The highest BCUT2D eigenvalue weighted by Crippen LogP contribution is 2.14. The standard InChI is InChI=1S/C16H16N2O2/c1-18(13-16(19)20)15-10-8-14(9-11-15)7-5-3-2-4-6-12-17/h2-11H,13H2,1H3,(H,19,20). The summed E-state index contributed by atoms with van der Waals surface area (Å²) in [5, 5.41) is 17.0. The first-order valence-corrected chi connectivity index (χ1v) is 6.06. The third-order valence-corrected chi connectivity index (χ3v) is 2.50. The molecule has 1 aromatic carbocycles. The minimum absolute atomic E-state index is 0.0247. The Morgan fingerprint density at radius 2 is 1.90 bits per heavy atom. The Hall–Kier alpha value is -2.80. The molecule has 0 spiro atoms. The fourth-order valence-corrected chi connectivity index (χ4v) is 1.53. The summed E-state index contributed by atoms with van der Waals surface area (Å²) in [6, 6.07) is 9.50. The molecule has 4 nitrogen and oxygen atoms in total. The fraction of sp³-hybridized carbons (Fsp3) is 0.125. The zero-order chi connectivity index (χ0) is 14.8. The molecule has 0 saturated carbocycles. The van der Waals surface area contributed by atoms with Crippen LogP contribution in [0.2, 0.25) is 0 Å². The average molecular weight is 268 g/mol. The molecule has 4 heteroatoms. The summed E-state index contributed by atoms with van der Waals surface area (Å²) in [7, 11) is 1.74. The van der Waals surface area contributed by atoms with Gasteiger partial charge in [0.15, 0.2) is 0 Å². The number of hydrogen-bond acceptors (Lipinski definition) is 3. The van der Waals surface area contributed by atoms with E-state index in [-0.39, 0.29) is 6.54 Å². The molecule has 0 bridgehead atoms. The lowest BCUT2D eigenvalue weighted by Crippen LogP contribution is -2.24. The van der Waals surface area contributed by atoms with Gasteiger partial charge in [0, 0.05) is 18.8 Å². The van der Waals surface area contributed by atoms with Crippen molar-refractivity contribution < 1.29 is 9.90 Å². The van der Waals surface area contributed by atoms with Gasteiger partial charge in [-0.3, -0.25) is 4.79 Å². The molecular formula is C16H16N2O2. The second-order valence-corrected chi connectivity index (χ2v) is 4.07. The zero-order valence-corrected chi connectivity index (χ0v) is 11.2. The van der Waals surface area contributed by atoms with Crippen LogP contribution in [-0.2, 0) is 4.79 Å². The smallest absolute Gasteiger partial charge is 0.323 e. The third kappa shape index (κ3) is 5.69. The minimum Gasteiger partial charge on any atom is -0.480 e. The molecule has 20 heavy (non-hydrogen) atoms. The van der Waals surface area contributed by atoms with E-state index in [1.165, 1.54) is 6.08 Å². The highest BCUT2D eigenvalue weighted by molar-refractivity contribution is 5.73. The number of benzene rings is 1. The number of anilines is 1. The molecule has 0 radical (unpaired) electrons. The maximum absolute atomic E-state index is 10.6. The van der Waals surface area contributed by atoms with Crippen LogP contribution >= 0.6 is 0 Å². The van der Waals surface area contributed by atoms with Gasteiger partial charge in [-0.15, -0.1) is 0 Å². The van der Waals surface area contributed by atoms with E-state index in [4.69, 9.17) is 10.4 Å². The lowest BCUT2D eigenvalue weighted by atomic mass is 10.2. The van der Waals surface area contributed by atoms with E-state index < -0.39 is 5.97 Å². The molecule has 102 valence electrons. The highest BCUT2D eigenvalue weighted by Gasteiger charge is 2.04. The van der Waals surface area contributed by atoms with Gasteiger partial charge in [-0.1, -0.05) is 42.5 Å². The number of nitriles is 1. The van der Waals surface area contributed by atoms with E-state index in [2.05, 4.69) is 0 Å². The third-order valence-electron chi connectivity index (χ3n) is 2.50. The van der Waals surface area contributed by atoms with Crippen molar-refractivity contribution in [2.45, 2.75) is 0 Å². The Morgan fingerprint density at radius 3 is 2.50 bits per heavy atom. The van der Waals surface area contributed by atoms with E-state index in [0.717, 1.165) is 11.3 Å². The quantitative estimate of drug-likeness (QED) is 0.636. The predicted octanol–water partition coefficient (Wildman–Crippen LogP) is 2.86. The number of allylic oxidation sites excluding steroid dienone is 5. The first-order chi connectivity index (χ1) is 9.63. The van der Waals surface area contributed by atoms with Gasteiger partial charge < -0.3 is 10.0 Å². The maximum atomic E-state index is 10.6. The van der Waals surface area contributed by atoms with E-state index in [1.807, 2.05) is 48.6 Å². The van der Waals surface area contributed by atoms with Crippen molar-refractivity contribution in [2.24, 2.45) is 0 Å². The number of aliphatic carboxylic acids is 1. The van der Waals surface area contributed by atoms with Crippen molar-refractivity contribution in [3.63, 3.8) is 0 Å². The summed E-state index contributed by atoms with van der Waals surface area (Å²) in [6.07, 6.45) is 10.5. The molecule has 0 aliphatic carbocycles. The van der Waals surface area contributed by atoms with Crippen molar-refractivity contribution in [2.75, 3.05) is 18.5 Å². The maximum Gasteiger partial charge on any atom is 0.323 e. The van der Waals surface area contributed by atoms with Crippen LogP contribution in [0.1, 0.15) is 5.56 Å². The molecule has 0 saturated heterocycles. The van der Waals surface area contributed by atoms with Crippen molar-refractivity contribution in [3.05, 3.63) is 60.2 Å². The second-order valence-electron chi connectivity index (χ2n) is 4.07. The van der Waals surface area contributed by atoms with Crippen LogP contribution < -0.4 is 4.90 Å². The molecular weight excluding hydrogens is 252 g/mol. The monoisotopic (exact) mass is 268 g/mol. The van der Waals surface area contributed by atoms with Gasteiger partial charge in [0.2, 0.25) is 0 Å². The number of carboxylic acids is 1. The van der Waals surface area contributed by atoms with Gasteiger partial charge in [-0.2, -0.15) is 5.26 Å². The Kier molecular flexibility index (Phi) is 6.35. The number of hydrogen-bond donors (Lipinski definition) is 1. The summed E-state index contributed by atoms with van der Waals surface area (Å²) in [5.74, 6) is -0.855. The summed E-state index contributed by atoms with van der Waals surface area (Å²) in [6.45, 7) is -0.0247. The molecule has 0 unspecified atom stereocenters. The van der Waals surface area contributed by atoms with E-state index in [0.29, 0.717) is 0 Å². The molecule has 0 aliphatic heterocycles. The Morgan fingerprint density at radius 1 is 1.25 bits per heavy atom. The molecule has 0 amide bonds. The molecule has 0 aliphatic rings. The van der Waals surface area contributed by atoms with Gasteiger partial charge in [-0.25, -0.2) is 0 Å². The molecule has 1 rings (SSSR count). The van der Waals surface area contributed by atoms with Crippen LogP contribution in [0.3, 0.4) is 0 Å². The Balaban J connectivity index is 2.61. The first-order valence-electron chi connectivity index (χ1n) is 6.06. The number of rotatable bonds is 6. The van der Waals surface area contributed by atoms with Crippen molar-refractivity contribution >= 4 is 17.7 Å². The van der Waals surface area contributed by atoms with Crippen LogP contribution in [-0.4, -0.2) is 24.7 Å². The normalized spacial score (nSPS) is 11.2. The molecule has 0 aromatic heterocycles. The summed E-state index contributed by atoms with van der Waals surface area (Å²) < 4.78 is 0. The van der Waals surface area contributed by atoms with Gasteiger partial charge in [0.05, 0.1) is 6.07 Å². The van der Waals surface area contributed by atoms with Crippen LogP contribution in [0.5, 0.6) is 0 Å². The summed E-state index contributed by atoms with van der Waals surface area (Å²) in [4.78, 5) is 12.3. The largest absolute Gasteiger partial charge is 0.480 e. The fourth-order valence-electron chi connectivity index (χ4n) is 1.53. The van der Waals surface area contributed by atoms with Gasteiger partial charge >= 0.3 is 5.97 Å². The van der Waals surface area contributed by atoms with Crippen LogP contribution in [0.25, 0.3) is 6.08 Å². The predicted molar refractivity (Wildman–Crippen MR) is 80.3 cm³/mol. The second kappa shape index (κ2) is 8.33. The number of carboxylic acid groups (broad SMARTS) is 1. The molecule has 1 N–H and O–H groups in total. The van der Waals surface area contributed by atoms with E-state index in [1.54, 1.807) is 24.1 Å². The van der Waals surface area contributed by atoms with Crippen LogP contribution in [0, 0.1) is 11.3 Å². The Bertz CT molecular complexity index is 563. The molecule has 0 heterocycles. The summed E-state index contributed by atoms with van der Waals surface area (Å²) in [5.41, 5.74) is 1.88. The molecule has 0 fully saturated rings. The Labute approximate surface area is 118 Å². The van der Waals surface area contributed by atoms with E-state index in [9.17, 15) is 4.79 Å². The van der Waals surface area contributed by atoms with Gasteiger partial charge in [0.25, 0.3) is 0 Å². The van der Waals surface area contributed by atoms with Crippen molar-refractivity contribution in [1.82, 2.24) is 0 Å². The van der Waals surface area contributed by atoms with Gasteiger partial charge in [-0.05, 0) is 17.7 Å². The van der Waals surface area contributed by atoms with Crippen molar-refractivity contribution in [1.29, 1.82) is 5.26 Å². The summed E-state index contributed by atoms with van der Waals surface area (Å²) >= 11 is 0. The van der Waals surface area contributed by atoms with Crippen molar-refractivity contribution in [3.8, 4) is 6.07 Å². The van der Waals surface area contributed by atoms with Crippen LogP contribution in [0.4, 0.5) is 5.69 Å². The molecule has 1 aromatic rings. The molecule has 0 atom stereocenters. The first kappa shape index (κ1) is 15.3. The topological polar surface area (TPSA) is 64.3 Å². The number of likely N-dealkylation sites (N-methyl/N-ethyl adjacent to an activating group) is 1. The lowest BCUT2D eigenvalue weighted by Gasteiger charge is -2.16. The zero-order valence-electron chi connectivity index (χ0n) is 11.2. The highest BCUT2D eigenvalue weighted by atomic mass is 16.4. The van der Waals surface area contributed by atoms with Crippen LogP contribution in [0.15, 0.2) is 54.6 Å². The minimum atomic E-state index is -0.855. The average Bonchev–Trinajstić information content (AvgIpc) is 2.42.